The zero-order valence-corrected chi connectivity index (χ0v) is 13.9. The Morgan fingerprint density at radius 2 is 2.16 bits per heavy atom. The number of carbonyl (C=O) groups is 1. The average Bonchev–Trinajstić information content (AvgIpc) is 3.12. The van der Waals surface area contributed by atoms with Crippen molar-refractivity contribution in [2.75, 3.05) is 13.2 Å². The van der Waals surface area contributed by atoms with Crippen LogP contribution in [0.15, 0.2) is 55.0 Å². The summed E-state index contributed by atoms with van der Waals surface area (Å²) in [4.78, 5) is 18.3. The normalized spacial score (nSPS) is 10.6. The van der Waals surface area contributed by atoms with E-state index < -0.39 is 0 Å². The third-order valence-corrected chi connectivity index (χ3v) is 3.73. The monoisotopic (exact) mass is 337 g/mol. The Kier molecular flexibility index (Phi) is 5.15. The summed E-state index contributed by atoms with van der Waals surface area (Å²) in [6.07, 6.45) is 4.97. The minimum absolute atomic E-state index is 0.127. The molecule has 0 atom stereocenters. The molecule has 0 aliphatic carbocycles. The van der Waals surface area contributed by atoms with E-state index in [1.54, 1.807) is 23.3 Å². The van der Waals surface area contributed by atoms with Crippen molar-refractivity contribution < 1.29 is 9.90 Å². The number of aryl methyl sites for hydroxylation is 1. The standard InChI is InChI=1S/C18H19N5O2/c1-14-4-2-6-16(10-14)23-13-17(20-21-23)18(25)22(8-9-24)12-15-5-3-7-19-11-15/h2-7,10-11,13,24H,8-9,12H2,1H3. The van der Waals surface area contributed by atoms with Crippen LogP contribution in [-0.4, -0.2) is 49.0 Å². The molecule has 7 heteroatoms. The summed E-state index contributed by atoms with van der Waals surface area (Å²) < 4.78 is 1.57. The van der Waals surface area contributed by atoms with Gasteiger partial charge in [-0.25, -0.2) is 4.68 Å². The van der Waals surface area contributed by atoms with Gasteiger partial charge in [-0.3, -0.25) is 9.78 Å². The summed E-state index contributed by atoms with van der Waals surface area (Å²) in [5.74, 6) is -0.281. The fraction of sp³-hybridized carbons (Fsp3) is 0.222. The van der Waals surface area contributed by atoms with Crippen LogP contribution in [0.3, 0.4) is 0 Å². The molecule has 1 aromatic carbocycles. The maximum absolute atomic E-state index is 12.7. The molecule has 0 aliphatic rings. The molecule has 2 aromatic heterocycles. The van der Waals surface area contributed by atoms with Gasteiger partial charge in [-0.05, 0) is 36.2 Å². The van der Waals surface area contributed by atoms with Crippen LogP contribution < -0.4 is 0 Å². The van der Waals surface area contributed by atoms with E-state index in [2.05, 4.69) is 15.3 Å². The summed E-state index contributed by atoms with van der Waals surface area (Å²) in [6, 6.07) is 11.5. The van der Waals surface area contributed by atoms with Gasteiger partial charge in [-0.15, -0.1) is 5.10 Å². The molecule has 0 aliphatic heterocycles. The number of aromatic nitrogens is 4. The molecule has 0 fully saturated rings. The predicted molar refractivity (Wildman–Crippen MR) is 92.2 cm³/mol. The van der Waals surface area contributed by atoms with Crippen LogP contribution in [0.5, 0.6) is 0 Å². The molecule has 3 rings (SSSR count). The molecule has 7 nitrogen and oxygen atoms in total. The van der Waals surface area contributed by atoms with Gasteiger partial charge in [0.2, 0.25) is 0 Å². The van der Waals surface area contributed by atoms with Crippen LogP contribution in [0.1, 0.15) is 21.6 Å². The van der Waals surface area contributed by atoms with Crippen molar-refractivity contribution in [1.29, 1.82) is 0 Å². The molecule has 0 unspecified atom stereocenters. The molecule has 1 N–H and O–H groups in total. The number of aliphatic hydroxyl groups excluding tert-OH is 1. The van der Waals surface area contributed by atoms with Crippen molar-refractivity contribution >= 4 is 5.91 Å². The van der Waals surface area contributed by atoms with E-state index in [1.807, 2.05) is 43.3 Å². The highest BCUT2D eigenvalue weighted by molar-refractivity contribution is 5.92. The zero-order chi connectivity index (χ0) is 17.6. The Morgan fingerprint density at radius 1 is 1.28 bits per heavy atom. The van der Waals surface area contributed by atoms with Crippen LogP contribution >= 0.6 is 0 Å². The quantitative estimate of drug-likeness (QED) is 0.739. The van der Waals surface area contributed by atoms with Gasteiger partial charge in [-0.2, -0.15) is 0 Å². The first kappa shape index (κ1) is 16.8. The minimum Gasteiger partial charge on any atom is -0.395 e. The molecule has 1 amide bonds. The number of hydrogen-bond donors (Lipinski definition) is 1. The summed E-state index contributed by atoms with van der Waals surface area (Å²) in [6.45, 7) is 2.43. The van der Waals surface area contributed by atoms with E-state index in [-0.39, 0.29) is 24.8 Å². The van der Waals surface area contributed by atoms with Crippen LogP contribution in [0.25, 0.3) is 5.69 Å². The smallest absolute Gasteiger partial charge is 0.276 e. The third-order valence-electron chi connectivity index (χ3n) is 3.73. The third kappa shape index (κ3) is 4.07. The SMILES string of the molecule is Cc1cccc(-n2cc(C(=O)N(CCO)Cc3cccnc3)nn2)c1. The van der Waals surface area contributed by atoms with E-state index in [4.69, 9.17) is 0 Å². The highest BCUT2D eigenvalue weighted by Gasteiger charge is 2.19. The number of carbonyl (C=O) groups excluding carboxylic acids is 1. The fourth-order valence-corrected chi connectivity index (χ4v) is 2.51. The lowest BCUT2D eigenvalue weighted by atomic mass is 10.2. The van der Waals surface area contributed by atoms with Crippen molar-refractivity contribution in [3.8, 4) is 5.69 Å². The lowest BCUT2D eigenvalue weighted by molar-refractivity contribution is 0.0701. The molecular formula is C18H19N5O2. The molecule has 0 spiro atoms. The van der Waals surface area contributed by atoms with Gasteiger partial charge in [0.25, 0.3) is 5.91 Å². The first-order valence-electron chi connectivity index (χ1n) is 7.96. The van der Waals surface area contributed by atoms with E-state index in [0.29, 0.717) is 6.54 Å². The van der Waals surface area contributed by atoms with Gasteiger partial charge in [0, 0.05) is 25.5 Å². The van der Waals surface area contributed by atoms with Crippen molar-refractivity contribution in [2.45, 2.75) is 13.5 Å². The molecule has 128 valence electrons. The Balaban J connectivity index is 1.80. The van der Waals surface area contributed by atoms with Crippen molar-refractivity contribution in [2.24, 2.45) is 0 Å². The number of rotatable bonds is 6. The second-order valence-corrected chi connectivity index (χ2v) is 5.70. The lowest BCUT2D eigenvalue weighted by Crippen LogP contribution is -2.33. The van der Waals surface area contributed by atoms with Gasteiger partial charge in [0.15, 0.2) is 5.69 Å². The first-order chi connectivity index (χ1) is 12.2. The molecule has 25 heavy (non-hydrogen) atoms. The number of pyridine rings is 1. The van der Waals surface area contributed by atoms with Gasteiger partial charge in [0.05, 0.1) is 18.5 Å². The highest BCUT2D eigenvalue weighted by atomic mass is 16.3. The Bertz CT molecular complexity index is 847. The van der Waals surface area contributed by atoms with E-state index >= 15 is 0 Å². The lowest BCUT2D eigenvalue weighted by Gasteiger charge is -2.20. The average molecular weight is 337 g/mol. The molecule has 2 heterocycles. The van der Waals surface area contributed by atoms with Gasteiger partial charge < -0.3 is 10.0 Å². The molecular weight excluding hydrogens is 318 g/mol. The van der Waals surface area contributed by atoms with Crippen LogP contribution in [0.4, 0.5) is 0 Å². The fourth-order valence-electron chi connectivity index (χ4n) is 2.51. The Hall–Kier alpha value is -3.06. The summed E-state index contributed by atoms with van der Waals surface area (Å²) in [7, 11) is 0. The summed E-state index contributed by atoms with van der Waals surface area (Å²) in [5, 5.41) is 17.3. The minimum atomic E-state index is -0.281. The molecule has 0 saturated carbocycles. The number of benzene rings is 1. The van der Waals surface area contributed by atoms with Crippen LogP contribution in [0, 0.1) is 6.92 Å². The Labute approximate surface area is 145 Å². The van der Waals surface area contributed by atoms with E-state index in [0.717, 1.165) is 16.8 Å². The van der Waals surface area contributed by atoms with Gasteiger partial charge in [0.1, 0.15) is 0 Å². The molecule has 0 radical (unpaired) electrons. The van der Waals surface area contributed by atoms with Crippen molar-refractivity contribution in [3.63, 3.8) is 0 Å². The topological polar surface area (TPSA) is 84.1 Å². The van der Waals surface area contributed by atoms with Crippen LogP contribution in [0.2, 0.25) is 0 Å². The molecule has 0 saturated heterocycles. The largest absolute Gasteiger partial charge is 0.395 e. The maximum atomic E-state index is 12.7. The second kappa shape index (κ2) is 7.67. The Morgan fingerprint density at radius 3 is 2.88 bits per heavy atom. The predicted octanol–water partition coefficient (Wildman–Crippen LogP) is 1.61. The van der Waals surface area contributed by atoms with Gasteiger partial charge >= 0.3 is 0 Å². The first-order valence-corrected chi connectivity index (χ1v) is 7.96. The number of hydrogen-bond acceptors (Lipinski definition) is 5. The summed E-state index contributed by atoms with van der Waals surface area (Å²) in [5.41, 5.74) is 3.06. The van der Waals surface area contributed by atoms with Gasteiger partial charge in [-0.1, -0.05) is 23.4 Å². The van der Waals surface area contributed by atoms with Crippen LogP contribution in [-0.2, 0) is 6.54 Å². The molecule has 0 bridgehead atoms. The number of nitrogens with zero attached hydrogens (tertiary/aromatic N) is 5. The van der Waals surface area contributed by atoms with E-state index in [9.17, 15) is 9.90 Å². The highest BCUT2D eigenvalue weighted by Crippen LogP contribution is 2.11. The second-order valence-electron chi connectivity index (χ2n) is 5.70. The molecule has 3 aromatic rings. The van der Waals surface area contributed by atoms with Crippen molar-refractivity contribution in [3.05, 3.63) is 71.8 Å². The number of aliphatic hydroxyl groups is 1. The zero-order valence-electron chi connectivity index (χ0n) is 13.9. The van der Waals surface area contributed by atoms with E-state index in [1.165, 1.54) is 4.90 Å². The number of amides is 1. The summed E-state index contributed by atoms with van der Waals surface area (Å²) >= 11 is 0. The maximum Gasteiger partial charge on any atom is 0.276 e. The van der Waals surface area contributed by atoms with Crippen molar-refractivity contribution in [1.82, 2.24) is 24.9 Å².